The highest BCUT2D eigenvalue weighted by Crippen LogP contribution is 2.39. The van der Waals surface area contributed by atoms with Crippen molar-refractivity contribution in [3.63, 3.8) is 0 Å². The van der Waals surface area contributed by atoms with Crippen LogP contribution >= 0.6 is 0 Å². The van der Waals surface area contributed by atoms with Crippen LogP contribution in [-0.4, -0.2) is 31.8 Å². The minimum absolute atomic E-state index is 0.0172. The van der Waals surface area contributed by atoms with Gasteiger partial charge in [-0.15, -0.1) is 0 Å². The highest BCUT2D eigenvalue weighted by molar-refractivity contribution is 6.00. The Kier molecular flexibility index (Phi) is 6.35. The summed E-state index contributed by atoms with van der Waals surface area (Å²) in [5.41, 5.74) is 1.41. The molecule has 0 bridgehead atoms. The molecule has 1 atom stereocenters. The molecule has 0 amide bonds. The molecule has 0 saturated heterocycles. The Bertz CT molecular complexity index is 865. The first-order valence-corrected chi connectivity index (χ1v) is 8.40. The Labute approximate surface area is 157 Å². The zero-order valence-corrected chi connectivity index (χ0v) is 15.6. The summed E-state index contributed by atoms with van der Waals surface area (Å²) in [4.78, 5) is 25.2. The van der Waals surface area contributed by atoms with Crippen molar-refractivity contribution in [1.29, 1.82) is 5.26 Å². The fourth-order valence-corrected chi connectivity index (χ4v) is 3.02. The summed E-state index contributed by atoms with van der Waals surface area (Å²) < 4.78 is 23.8. The van der Waals surface area contributed by atoms with Crippen LogP contribution in [0.4, 0.5) is 4.39 Å². The molecule has 0 aromatic heterocycles. The van der Waals surface area contributed by atoms with Gasteiger partial charge in [0.2, 0.25) is 0 Å². The van der Waals surface area contributed by atoms with Crippen LogP contribution in [0.25, 0.3) is 0 Å². The monoisotopic (exact) mass is 372 g/mol. The van der Waals surface area contributed by atoms with Crippen molar-refractivity contribution in [2.45, 2.75) is 32.8 Å². The van der Waals surface area contributed by atoms with Crippen LogP contribution in [0.1, 0.15) is 37.8 Å². The summed E-state index contributed by atoms with van der Waals surface area (Å²) >= 11 is 0. The number of hydrogen-bond acceptors (Lipinski definition) is 6. The van der Waals surface area contributed by atoms with E-state index in [0.29, 0.717) is 16.8 Å². The first kappa shape index (κ1) is 20.2. The first-order valence-electron chi connectivity index (χ1n) is 8.40. The lowest BCUT2D eigenvalue weighted by Crippen LogP contribution is -2.34. The number of halogens is 1. The number of ether oxygens (including phenoxy) is 2. The van der Waals surface area contributed by atoms with Gasteiger partial charge in [-0.3, -0.25) is 0 Å². The number of allylic oxidation sites excluding steroid dienone is 2. The number of carbonyl (C=O) groups excluding carboxylic acids is 2. The van der Waals surface area contributed by atoms with Crippen LogP contribution in [-0.2, 0) is 19.1 Å². The second-order valence-electron chi connectivity index (χ2n) is 6.31. The molecule has 0 spiro atoms. The van der Waals surface area contributed by atoms with Gasteiger partial charge in [0, 0.05) is 5.70 Å². The number of benzene rings is 1. The predicted octanol–water partition coefficient (Wildman–Crippen LogP) is 2.87. The van der Waals surface area contributed by atoms with E-state index >= 15 is 0 Å². The predicted molar refractivity (Wildman–Crippen MR) is 96.0 cm³/mol. The van der Waals surface area contributed by atoms with Crippen molar-refractivity contribution in [3.05, 3.63) is 57.9 Å². The van der Waals surface area contributed by atoms with Gasteiger partial charge < -0.3 is 14.8 Å². The summed E-state index contributed by atoms with van der Waals surface area (Å²) in [6.45, 7) is 4.09. The quantitative estimate of drug-likeness (QED) is 0.800. The molecule has 1 heterocycles. The molecule has 1 unspecified atom stereocenters. The molecule has 7 heteroatoms. The maximum atomic E-state index is 13.7. The molecular weight excluding hydrogens is 351 g/mol. The second kappa shape index (κ2) is 8.49. The average molecular weight is 372 g/mol. The molecule has 0 fully saturated rings. The Hall–Kier alpha value is -3.14. The van der Waals surface area contributed by atoms with Crippen LogP contribution in [0.15, 0.2) is 46.8 Å². The number of nitriles is 1. The lowest BCUT2D eigenvalue weighted by molar-refractivity contribution is -0.143. The topological polar surface area (TPSA) is 88.4 Å². The number of alkyl halides is 1. The molecule has 1 aromatic carbocycles. The zero-order valence-electron chi connectivity index (χ0n) is 15.6. The highest BCUT2D eigenvalue weighted by Gasteiger charge is 2.39. The number of rotatable bonds is 5. The minimum Gasteiger partial charge on any atom is -0.466 e. The summed E-state index contributed by atoms with van der Waals surface area (Å²) in [5, 5.41) is 12.0. The first-order chi connectivity index (χ1) is 12.8. The summed E-state index contributed by atoms with van der Waals surface area (Å²) in [6.07, 6.45) is -0.378. The smallest absolute Gasteiger partial charge is 0.337 e. The largest absolute Gasteiger partial charge is 0.466 e. The van der Waals surface area contributed by atoms with E-state index < -0.39 is 24.5 Å². The van der Waals surface area contributed by atoms with Gasteiger partial charge in [0.1, 0.15) is 6.67 Å². The molecule has 1 N–H and O–H groups in total. The molecule has 1 aliphatic rings. The maximum absolute atomic E-state index is 13.7. The van der Waals surface area contributed by atoms with Crippen molar-refractivity contribution in [3.8, 4) is 6.07 Å². The number of esters is 2. The van der Waals surface area contributed by atoms with Crippen molar-refractivity contribution in [2.75, 3.05) is 13.8 Å². The summed E-state index contributed by atoms with van der Waals surface area (Å²) in [6, 6.07) is 8.50. The van der Waals surface area contributed by atoms with Crippen LogP contribution in [0.5, 0.6) is 0 Å². The van der Waals surface area contributed by atoms with E-state index in [1.54, 1.807) is 45.0 Å². The fourth-order valence-electron chi connectivity index (χ4n) is 3.02. The number of hydrogen-bond donors (Lipinski definition) is 1. The molecular formula is C20H21FN2O4. The molecule has 0 saturated carbocycles. The van der Waals surface area contributed by atoms with Crippen LogP contribution in [0.2, 0.25) is 0 Å². The molecule has 1 aromatic rings. The normalized spacial score (nSPS) is 16.7. The maximum Gasteiger partial charge on any atom is 0.337 e. The third-order valence-electron chi connectivity index (χ3n) is 4.10. The van der Waals surface area contributed by atoms with Gasteiger partial charge in [0.05, 0.1) is 47.6 Å². The number of methoxy groups -OCH3 is 1. The van der Waals surface area contributed by atoms with Crippen molar-refractivity contribution < 1.29 is 23.5 Å². The molecule has 0 aliphatic carbocycles. The van der Waals surface area contributed by atoms with E-state index in [2.05, 4.69) is 5.32 Å². The molecule has 6 nitrogen and oxygen atoms in total. The molecule has 0 radical (unpaired) electrons. The van der Waals surface area contributed by atoms with Gasteiger partial charge in [-0.25, -0.2) is 14.0 Å². The fraction of sp³-hybridized carbons (Fsp3) is 0.350. The Morgan fingerprint density at radius 2 is 2.00 bits per heavy atom. The summed E-state index contributed by atoms with van der Waals surface area (Å²) in [7, 11) is 1.19. The number of nitrogens with one attached hydrogen (secondary N) is 1. The van der Waals surface area contributed by atoms with Crippen LogP contribution < -0.4 is 5.32 Å². The Morgan fingerprint density at radius 1 is 1.30 bits per heavy atom. The molecule has 27 heavy (non-hydrogen) atoms. The van der Waals surface area contributed by atoms with E-state index in [0.717, 1.165) is 0 Å². The van der Waals surface area contributed by atoms with E-state index in [9.17, 15) is 19.2 Å². The highest BCUT2D eigenvalue weighted by atomic mass is 19.1. The SMILES string of the molecule is COC(=O)C1=C(CF)NC(C)=C(C(=O)OC(C)C)C1c1cccc(C#N)c1. The lowest BCUT2D eigenvalue weighted by Gasteiger charge is -2.31. The number of nitrogens with zero attached hydrogens (tertiary/aromatic N) is 1. The second-order valence-corrected chi connectivity index (χ2v) is 6.31. The minimum atomic E-state index is -0.942. The molecule has 1 aliphatic heterocycles. The average Bonchev–Trinajstić information content (AvgIpc) is 2.65. The van der Waals surface area contributed by atoms with Crippen molar-refractivity contribution in [1.82, 2.24) is 5.32 Å². The van der Waals surface area contributed by atoms with E-state index in [-0.39, 0.29) is 22.9 Å². The number of dihydropyridines is 1. The molecule has 142 valence electrons. The zero-order chi connectivity index (χ0) is 20.1. The van der Waals surface area contributed by atoms with Gasteiger partial charge in [0.15, 0.2) is 0 Å². The van der Waals surface area contributed by atoms with Gasteiger partial charge in [0.25, 0.3) is 0 Å². The van der Waals surface area contributed by atoms with Crippen LogP contribution in [0, 0.1) is 11.3 Å². The Morgan fingerprint density at radius 3 is 2.56 bits per heavy atom. The van der Waals surface area contributed by atoms with Gasteiger partial charge in [-0.2, -0.15) is 5.26 Å². The lowest BCUT2D eigenvalue weighted by atomic mass is 9.80. The van der Waals surface area contributed by atoms with Gasteiger partial charge in [-0.1, -0.05) is 12.1 Å². The van der Waals surface area contributed by atoms with Crippen LogP contribution in [0.3, 0.4) is 0 Å². The standard InChI is InChI=1S/C20H21FN2O4/c1-11(2)27-20(25)16-12(3)23-15(9-21)18(19(24)26-4)17(16)14-7-5-6-13(8-14)10-22/h5-8,11,17,23H,9H2,1-4H3. The van der Waals surface area contributed by atoms with E-state index in [4.69, 9.17) is 9.47 Å². The third kappa shape index (κ3) is 4.17. The van der Waals surface area contributed by atoms with E-state index in [1.807, 2.05) is 6.07 Å². The van der Waals surface area contributed by atoms with Crippen molar-refractivity contribution >= 4 is 11.9 Å². The third-order valence-corrected chi connectivity index (χ3v) is 4.10. The molecule has 2 rings (SSSR count). The van der Waals surface area contributed by atoms with Crippen molar-refractivity contribution in [2.24, 2.45) is 0 Å². The Balaban J connectivity index is 2.72. The number of carbonyl (C=O) groups is 2. The summed E-state index contributed by atoms with van der Waals surface area (Å²) in [5.74, 6) is -2.30. The van der Waals surface area contributed by atoms with Gasteiger partial charge >= 0.3 is 11.9 Å². The van der Waals surface area contributed by atoms with Gasteiger partial charge in [-0.05, 0) is 38.5 Å². The van der Waals surface area contributed by atoms with E-state index in [1.165, 1.54) is 7.11 Å².